The third kappa shape index (κ3) is 7.37. The molecule has 13 nitrogen and oxygen atoms in total. The second kappa shape index (κ2) is 10.9. The van der Waals surface area contributed by atoms with Crippen molar-refractivity contribution < 1.29 is 44.1 Å². The van der Waals surface area contributed by atoms with Crippen LogP contribution in [-0.4, -0.2) is 87.1 Å². The molecule has 0 saturated carbocycles. The zero-order valence-corrected chi connectivity index (χ0v) is 15.5. The Balaban J connectivity index is 2.89. The lowest BCUT2D eigenvalue weighted by Gasteiger charge is -2.28. The van der Waals surface area contributed by atoms with E-state index in [1.165, 1.54) is 0 Å². The highest BCUT2D eigenvalue weighted by atomic mass is 16.4. The van der Waals surface area contributed by atoms with E-state index in [9.17, 15) is 28.8 Å². The fourth-order valence-corrected chi connectivity index (χ4v) is 2.92. The number of nitrogens with two attached hydrogens (primary N) is 1. The van der Waals surface area contributed by atoms with Crippen molar-refractivity contribution in [2.45, 2.75) is 50.2 Å². The quantitative estimate of drug-likeness (QED) is 0.205. The number of carboxylic acid groups (broad SMARTS) is 3. The molecule has 0 aliphatic carbocycles. The summed E-state index contributed by atoms with van der Waals surface area (Å²) in [5, 5.41) is 31.2. The number of nitrogens with zero attached hydrogens (tertiary/aromatic N) is 1. The maximum Gasteiger partial charge on any atom is 0.326 e. The van der Waals surface area contributed by atoms with E-state index < -0.39 is 73.1 Å². The molecule has 0 aromatic rings. The molecule has 0 spiro atoms. The number of hydrogen-bond acceptors (Lipinski definition) is 7. The minimum atomic E-state index is -1.46. The predicted octanol–water partition coefficient (Wildman–Crippen LogP) is -2.67. The van der Waals surface area contributed by atoms with Gasteiger partial charge < -0.3 is 36.6 Å². The first-order valence-corrected chi connectivity index (χ1v) is 8.83. The maximum atomic E-state index is 12.7. The highest BCUT2D eigenvalue weighted by Crippen LogP contribution is 2.20. The molecule has 1 fully saturated rings. The molecule has 3 amide bonds. The fraction of sp³-hybridized carbons (Fsp3) is 0.625. The minimum Gasteiger partial charge on any atom is -0.481 e. The molecule has 13 heteroatoms. The molecular formula is C16H24N4O9. The van der Waals surface area contributed by atoms with Crippen LogP contribution >= 0.6 is 0 Å². The molecule has 1 saturated heterocycles. The van der Waals surface area contributed by atoms with Gasteiger partial charge in [-0.15, -0.1) is 0 Å². The van der Waals surface area contributed by atoms with Crippen molar-refractivity contribution >= 4 is 35.6 Å². The molecule has 1 aliphatic heterocycles. The number of rotatable bonds is 11. The SMILES string of the molecule is NCC(=O)NC(CC(=O)O)C(=O)N1CCCC1C(=O)NC(CCC(=O)O)C(=O)O. The normalized spacial score (nSPS) is 17.8. The first-order chi connectivity index (χ1) is 13.6. The summed E-state index contributed by atoms with van der Waals surface area (Å²) in [5.41, 5.74) is 5.17. The Hall–Kier alpha value is -3.22. The van der Waals surface area contributed by atoms with Crippen LogP contribution in [0.25, 0.3) is 0 Å². The van der Waals surface area contributed by atoms with Gasteiger partial charge in [0, 0.05) is 13.0 Å². The van der Waals surface area contributed by atoms with Crippen molar-refractivity contribution in [3.8, 4) is 0 Å². The number of nitrogens with one attached hydrogen (secondary N) is 2. The Labute approximate surface area is 165 Å². The Kier molecular flexibility index (Phi) is 8.99. The molecule has 1 heterocycles. The van der Waals surface area contributed by atoms with Crippen LogP contribution in [-0.2, 0) is 28.8 Å². The summed E-state index contributed by atoms with van der Waals surface area (Å²) < 4.78 is 0. The Bertz CT molecular complexity index is 681. The lowest BCUT2D eigenvalue weighted by atomic mass is 10.1. The number of aliphatic carboxylic acids is 3. The molecule has 29 heavy (non-hydrogen) atoms. The number of hydrogen-bond donors (Lipinski definition) is 6. The van der Waals surface area contributed by atoms with E-state index in [0.717, 1.165) is 4.90 Å². The summed E-state index contributed by atoms with van der Waals surface area (Å²) >= 11 is 0. The van der Waals surface area contributed by atoms with Crippen molar-refractivity contribution in [3.63, 3.8) is 0 Å². The van der Waals surface area contributed by atoms with Crippen LogP contribution in [0.2, 0.25) is 0 Å². The van der Waals surface area contributed by atoms with Gasteiger partial charge in [-0.1, -0.05) is 0 Å². The summed E-state index contributed by atoms with van der Waals surface area (Å²) in [6.07, 6.45) is -0.928. The van der Waals surface area contributed by atoms with E-state index in [1.807, 2.05) is 0 Å². The second-order valence-electron chi connectivity index (χ2n) is 6.44. The van der Waals surface area contributed by atoms with Gasteiger partial charge in [0.25, 0.3) is 0 Å². The van der Waals surface area contributed by atoms with Gasteiger partial charge in [-0.3, -0.25) is 24.0 Å². The summed E-state index contributed by atoms with van der Waals surface area (Å²) in [5.74, 6) is -6.34. The number of amides is 3. The molecule has 162 valence electrons. The van der Waals surface area contributed by atoms with Gasteiger partial charge in [-0.25, -0.2) is 4.79 Å². The van der Waals surface area contributed by atoms with E-state index >= 15 is 0 Å². The second-order valence-corrected chi connectivity index (χ2v) is 6.44. The van der Waals surface area contributed by atoms with Crippen LogP contribution in [0.15, 0.2) is 0 Å². The van der Waals surface area contributed by atoms with Crippen molar-refractivity contribution in [1.82, 2.24) is 15.5 Å². The van der Waals surface area contributed by atoms with E-state index in [1.54, 1.807) is 0 Å². The maximum absolute atomic E-state index is 12.7. The molecule has 0 aromatic carbocycles. The van der Waals surface area contributed by atoms with Gasteiger partial charge >= 0.3 is 17.9 Å². The van der Waals surface area contributed by atoms with E-state index in [0.29, 0.717) is 6.42 Å². The summed E-state index contributed by atoms with van der Waals surface area (Å²) in [6.45, 7) is -0.352. The summed E-state index contributed by atoms with van der Waals surface area (Å²) in [6, 6.07) is -3.96. The van der Waals surface area contributed by atoms with Crippen LogP contribution in [0.4, 0.5) is 0 Å². The fourth-order valence-electron chi connectivity index (χ4n) is 2.92. The molecule has 1 aliphatic rings. The molecule has 0 bridgehead atoms. The molecule has 3 unspecified atom stereocenters. The molecule has 0 radical (unpaired) electrons. The van der Waals surface area contributed by atoms with Gasteiger partial charge in [0.05, 0.1) is 13.0 Å². The lowest BCUT2D eigenvalue weighted by molar-refractivity contribution is -0.147. The Morgan fingerprint density at radius 3 is 2.17 bits per heavy atom. The third-order valence-electron chi connectivity index (χ3n) is 4.30. The van der Waals surface area contributed by atoms with E-state index in [-0.39, 0.29) is 19.4 Å². The molecule has 1 rings (SSSR count). The van der Waals surface area contributed by atoms with Gasteiger partial charge in [-0.2, -0.15) is 0 Å². The summed E-state index contributed by atoms with van der Waals surface area (Å²) in [7, 11) is 0. The number of carboxylic acids is 3. The van der Waals surface area contributed by atoms with Crippen molar-refractivity contribution in [3.05, 3.63) is 0 Å². The predicted molar refractivity (Wildman–Crippen MR) is 94.4 cm³/mol. The zero-order chi connectivity index (χ0) is 22.1. The van der Waals surface area contributed by atoms with Crippen molar-refractivity contribution in [2.24, 2.45) is 5.73 Å². The first-order valence-electron chi connectivity index (χ1n) is 8.83. The monoisotopic (exact) mass is 416 g/mol. The van der Waals surface area contributed by atoms with Crippen LogP contribution in [0.1, 0.15) is 32.1 Å². The number of carbonyl (C=O) groups excluding carboxylic acids is 3. The van der Waals surface area contributed by atoms with E-state index in [2.05, 4.69) is 10.6 Å². The smallest absolute Gasteiger partial charge is 0.326 e. The minimum absolute atomic E-state index is 0.110. The average Bonchev–Trinajstić information content (AvgIpc) is 3.12. The van der Waals surface area contributed by atoms with Crippen LogP contribution in [0, 0.1) is 0 Å². The molecular weight excluding hydrogens is 392 g/mol. The van der Waals surface area contributed by atoms with Gasteiger partial charge in [0.2, 0.25) is 17.7 Å². The highest BCUT2D eigenvalue weighted by molar-refractivity contribution is 5.95. The molecule has 7 N–H and O–H groups in total. The summed E-state index contributed by atoms with van der Waals surface area (Å²) in [4.78, 5) is 70.7. The lowest BCUT2D eigenvalue weighted by Crippen LogP contribution is -2.56. The molecule has 3 atom stereocenters. The van der Waals surface area contributed by atoms with Crippen LogP contribution < -0.4 is 16.4 Å². The van der Waals surface area contributed by atoms with E-state index in [4.69, 9.17) is 21.1 Å². The standard InChI is InChI=1S/C16H24N4O9/c17-7-11(21)18-9(6-13(24)25)15(27)20-5-1-2-10(20)14(26)19-8(16(28)29)3-4-12(22)23/h8-10H,1-7,17H2,(H,18,21)(H,19,26)(H,22,23)(H,24,25)(H,28,29). The van der Waals surface area contributed by atoms with Gasteiger partial charge in [0.15, 0.2) is 0 Å². The van der Waals surface area contributed by atoms with Crippen LogP contribution in [0.5, 0.6) is 0 Å². The van der Waals surface area contributed by atoms with Crippen LogP contribution in [0.3, 0.4) is 0 Å². The zero-order valence-electron chi connectivity index (χ0n) is 15.5. The Morgan fingerprint density at radius 1 is 1.00 bits per heavy atom. The third-order valence-corrected chi connectivity index (χ3v) is 4.30. The van der Waals surface area contributed by atoms with Gasteiger partial charge in [-0.05, 0) is 19.3 Å². The molecule has 0 aromatic heterocycles. The average molecular weight is 416 g/mol. The number of likely N-dealkylation sites (tertiary alicyclic amines) is 1. The first kappa shape index (κ1) is 23.8. The highest BCUT2D eigenvalue weighted by Gasteiger charge is 2.39. The number of carbonyl (C=O) groups is 6. The van der Waals surface area contributed by atoms with Gasteiger partial charge in [0.1, 0.15) is 18.1 Å². The van der Waals surface area contributed by atoms with Crippen molar-refractivity contribution in [2.75, 3.05) is 13.1 Å². The topological polar surface area (TPSA) is 216 Å². The van der Waals surface area contributed by atoms with Crippen molar-refractivity contribution in [1.29, 1.82) is 0 Å². The largest absolute Gasteiger partial charge is 0.481 e. The Morgan fingerprint density at radius 2 is 1.66 bits per heavy atom.